The zero-order chi connectivity index (χ0) is 19.2. The lowest BCUT2D eigenvalue weighted by Gasteiger charge is -2.47. The van der Waals surface area contributed by atoms with Crippen molar-refractivity contribution in [2.24, 2.45) is 0 Å². The van der Waals surface area contributed by atoms with E-state index in [1.807, 2.05) is 0 Å². The highest BCUT2D eigenvalue weighted by atomic mass is 32.2. The van der Waals surface area contributed by atoms with E-state index >= 15 is 0 Å². The summed E-state index contributed by atoms with van der Waals surface area (Å²) in [6, 6.07) is 2.13. The fraction of sp³-hybridized carbons (Fsp3) is 0.400. The van der Waals surface area contributed by atoms with E-state index in [0.717, 1.165) is 0 Å². The number of H-pyrrole nitrogens is 1. The Kier molecular flexibility index (Phi) is 3.86. The first-order chi connectivity index (χ1) is 12.9. The van der Waals surface area contributed by atoms with E-state index in [2.05, 4.69) is 31.1 Å². The van der Waals surface area contributed by atoms with Gasteiger partial charge in [-0.25, -0.2) is 23.4 Å². The molecule has 1 saturated heterocycles. The third kappa shape index (κ3) is 2.63. The van der Waals surface area contributed by atoms with Crippen LogP contribution in [0.4, 0.5) is 5.82 Å². The molecule has 1 fully saturated rings. The Labute approximate surface area is 154 Å². The van der Waals surface area contributed by atoms with Gasteiger partial charge in [0.15, 0.2) is 11.5 Å². The quantitative estimate of drug-likeness (QED) is 0.622. The van der Waals surface area contributed by atoms with Gasteiger partial charge in [-0.05, 0) is 6.92 Å². The van der Waals surface area contributed by atoms with Crippen LogP contribution in [-0.2, 0) is 15.6 Å². The molecule has 0 bridgehead atoms. The van der Waals surface area contributed by atoms with E-state index in [1.54, 1.807) is 17.8 Å². The number of aromatic nitrogens is 6. The number of fused-ring (bicyclic) bond motifs is 1. The first-order valence-corrected chi connectivity index (χ1v) is 9.86. The molecule has 12 heteroatoms. The Hall–Kier alpha value is -3.04. The number of aromatic amines is 1. The summed E-state index contributed by atoms with van der Waals surface area (Å²) < 4.78 is 27.1. The largest absolute Gasteiger partial charge is 0.382 e. The van der Waals surface area contributed by atoms with E-state index in [4.69, 9.17) is 5.73 Å². The first kappa shape index (κ1) is 17.4. The molecule has 0 aliphatic carbocycles. The van der Waals surface area contributed by atoms with Crippen LogP contribution in [0.3, 0.4) is 0 Å². The van der Waals surface area contributed by atoms with Gasteiger partial charge in [0.1, 0.15) is 23.1 Å². The molecule has 3 aromatic heterocycles. The molecular formula is C15H17N9O2S. The summed E-state index contributed by atoms with van der Waals surface area (Å²) in [5, 5.41) is 13.6. The third-order valence-corrected chi connectivity index (χ3v) is 6.59. The summed E-state index contributed by atoms with van der Waals surface area (Å²) in [6.07, 6.45) is 4.72. The minimum absolute atomic E-state index is 0.0148. The number of nitrogens with two attached hydrogens (primary N) is 1. The second-order valence-electron chi connectivity index (χ2n) is 6.42. The number of hydrogen-bond donors (Lipinski definition) is 2. The number of imidazole rings is 1. The van der Waals surface area contributed by atoms with Crippen molar-refractivity contribution in [1.82, 2.24) is 34.0 Å². The Bertz CT molecular complexity index is 1150. The first-order valence-electron chi connectivity index (χ1n) is 8.25. The molecule has 1 aliphatic rings. The number of nitriles is 1. The summed E-state index contributed by atoms with van der Waals surface area (Å²) in [5.41, 5.74) is 7.61. The molecule has 3 aromatic rings. The van der Waals surface area contributed by atoms with Crippen molar-refractivity contribution in [3.8, 4) is 17.3 Å². The van der Waals surface area contributed by atoms with Crippen LogP contribution in [0.15, 0.2) is 18.9 Å². The van der Waals surface area contributed by atoms with Crippen molar-refractivity contribution in [3.05, 3.63) is 18.9 Å². The molecular weight excluding hydrogens is 370 g/mol. The number of rotatable bonds is 5. The molecule has 0 atom stereocenters. The van der Waals surface area contributed by atoms with Crippen molar-refractivity contribution in [3.63, 3.8) is 0 Å². The minimum atomic E-state index is -3.32. The fourth-order valence-electron chi connectivity index (χ4n) is 3.26. The molecule has 3 N–H and O–H groups in total. The lowest BCUT2D eigenvalue weighted by atomic mass is 9.89. The van der Waals surface area contributed by atoms with Gasteiger partial charge in [-0.1, -0.05) is 0 Å². The lowest BCUT2D eigenvalue weighted by molar-refractivity contribution is 0.0722. The van der Waals surface area contributed by atoms with Gasteiger partial charge in [0.2, 0.25) is 10.0 Å². The second-order valence-corrected chi connectivity index (χ2v) is 8.68. The van der Waals surface area contributed by atoms with Crippen LogP contribution in [0, 0.1) is 11.3 Å². The highest BCUT2D eigenvalue weighted by molar-refractivity contribution is 7.89. The van der Waals surface area contributed by atoms with E-state index in [1.165, 1.54) is 17.0 Å². The molecule has 27 heavy (non-hydrogen) atoms. The van der Waals surface area contributed by atoms with Gasteiger partial charge >= 0.3 is 0 Å². The molecule has 4 heterocycles. The Morgan fingerprint density at radius 1 is 1.37 bits per heavy atom. The van der Waals surface area contributed by atoms with E-state index in [0.29, 0.717) is 22.4 Å². The van der Waals surface area contributed by atoms with Crippen molar-refractivity contribution >= 4 is 27.0 Å². The number of nitrogens with zero attached hydrogens (tertiary/aromatic N) is 7. The van der Waals surface area contributed by atoms with E-state index in [9.17, 15) is 13.7 Å². The summed E-state index contributed by atoms with van der Waals surface area (Å²) in [4.78, 5) is 15.4. The van der Waals surface area contributed by atoms with Gasteiger partial charge in [0, 0.05) is 19.3 Å². The van der Waals surface area contributed by atoms with E-state index in [-0.39, 0.29) is 31.1 Å². The zero-order valence-electron chi connectivity index (χ0n) is 14.5. The predicted molar refractivity (Wildman–Crippen MR) is 96.6 cm³/mol. The molecule has 0 saturated carbocycles. The standard InChI is InChI=1S/C15H17N9O2S/c1-2-27(25,26)23-6-15(7-23,3-4-16)24-5-10(13(17)22-24)11-12-14(20-8-18-11)21-9-19-12/h5,8-9H,2-3,6-7H2,1H3,(H2,17,22)(H,18,19,20,21). The van der Waals surface area contributed by atoms with Crippen LogP contribution >= 0.6 is 0 Å². The van der Waals surface area contributed by atoms with Crippen LogP contribution in [0.1, 0.15) is 13.3 Å². The number of sulfonamides is 1. The number of nitrogen functional groups attached to an aromatic ring is 1. The summed E-state index contributed by atoms with van der Waals surface area (Å²) in [6.45, 7) is 1.95. The summed E-state index contributed by atoms with van der Waals surface area (Å²) in [5.74, 6) is 0.250. The van der Waals surface area contributed by atoms with Gasteiger partial charge in [-0.15, -0.1) is 0 Å². The molecule has 0 amide bonds. The fourth-order valence-corrected chi connectivity index (χ4v) is 4.50. The monoisotopic (exact) mass is 387 g/mol. The molecule has 0 radical (unpaired) electrons. The molecule has 4 rings (SSSR count). The molecule has 140 valence electrons. The summed E-state index contributed by atoms with van der Waals surface area (Å²) in [7, 11) is -3.32. The smallest absolute Gasteiger partial charge is 0.213 e. The Morgan fingerprint density at radius 3 is 2.85 bits per heavy atom. The van der Waals surface area contributed by atoms with Gasteiger partial charge < -0.3 is 10.7 Å². The van der Waals surface area contributed by atoms with Crippen molar-refractivity contribution in [2.45, 2.75) is 18.9 Å². The Morgan fingerprint density at radius 2 is 2.15 bits per heavy atom. The van der Waals surface area contributed by atoms with Crippen LogP contribution in [0.25, 0.3) is 22.4 Å². The SMILES string of the molecule is CCS(=O)(=O)N1CC(CC#N)(n2cc(-c3ncnc4nc[nH]c34)c(N)n2)C1. The molecule has 0 spiro atoms. The van der Waals surface area contributed by atoms with Crippen molar-refractivity contribution in [2.75, 3.05) is 24.6 Å². The number of anilines is 1. The maximum Gasteiger partial charge on any atom is 0.213 e. The molecule has 0 unspecified atom stereocenters. The lowest BCUT2D eigenvalue weighted by Crippen LogP contribution is -2.64. The van der Waals surface area contributed by atoms with Crippen LogP contribution in [-0.4, -0.2) is 61.3 Å². The maximum absolute atomic E-state index is 12.1. The highest BCUT2D eigenvalue weighted by Crippen LogP contribution is 2.37. The van der Waals surface area contributed by atoms with Crippen LogP contribution < -0.4 is 5.73 Å². The van der Waals surface area contributed by atoms with E-state index < -0.39 is 15.6 Å². The minimum Gasteiger partial charge on any atom is -0.382 e. The van der Waals surface area contributed by atoms with Gasteiger partial charge in [-0.3, -0.25) is 4.68 Å². The van der Waals surface area contributed by atoms with Gasteiger partial charge in [-0.2, -0.15) is 14.7 Å². The average molecular weight is 387 g/mol. The van der Waals surface area contributed by atoms with Crippen molar-refractivity contribution in [1.29, 1.82) is 5.26 Å². The molecule has 1 aliphatic heterocycles. The van der Waals surface area contributed by atoms with Crippen LogP contribution in [0.5, 0.6) is 0 Å². The van der Waals surface area contributed by atoms with Gasteiger partial charge in [0.25, 0.3) is 0 Å². The normalized spacial score (nSPS) is 16.9. The summed E-state index contributed by atoms with van der Waals surface area (Å²) >= 11 is 0. The number of hydrogen-bond acceptors (Lipinski definition) is 8. The average Bonchev–Trinajstić information content (AvgIpc) is 3.24. The number of nitrogens with one attached hydrogen (secondary N) is 1. The van der Waals surface area contributed by atoms with Crippen LogP contribution in [0.2, 0.25) is 0 Å². The molecule has 0 aromatic carbocycles. The Balaban J connectivity index is 1.74. The predicted octanol–water partition coefficient (Wildman–Crippen LogP) is 0.0729. The second kappa shape index (κ2) is 6.00. The topological polar surface area (TPSA) is 159 Å². The molecule has 11 nitrogen and oxygen atoms in total. The zero-order valence-corrected chi connectivity index (χ0v) is 15.3. The maximum atomic E-state index is 12.1. The van der Waals surface area contributed by atoms with Crippen molar-refractivity contribution < 1.29 is 8.42 Å². The third-order valence-electron chi connectivity index (χ3n) is 4.81. The highest BCUT2D eigenvalue weighted by Gasteiger charge is 2.50. The van der Waals surface area contributed by atoms with Gasteiger partial charge in [0.05, 0.1) is 30.1 Å².